The van der Waals surface area contributed by atoms with Gasteiger partial charge >= 0.3 is 12.1 Å². The van der Waals surface area contributed by atoms with E-state index in [0.717, 1.165) is 34.3 Å². The molecule has 0 saturated carbocycles. The van der Waals surface area contributed by atoms with Gasteiger partial charge in [-0.15, -0.1) is 11.8 Å². The molecular weight excluding hydrogens is 554 g/mol. The van der Waals surface area contributed by atoms with Crippen LogP contribution in [-0.2, 0) is 28.6 Å². The van der Waals surface area contributed by atoms with Gasteiger partial charge in [-0.3, -0.25) is 14.5 Å². The van der Waals surface area contributed by atoms with Gasteiger partial charge in [-0.2, -0.15) is 9.36 Å². The maximum atomic E-state index is 13.0. The molecule has 4 N–H and O–H groups in total. The number of carbonyl (C=O) groups excluding carboxylic acids is 4. The Morgan fingerprint density at radius 2 is 1.97 bits per heavy atom. The number of nitrogens with one attached hydrogen (secondary N) is 1. The smallest absolute Gasteiger partial charge is 0.431 e. The Labute approximate surface area is 222 Å². The van der Waals surface area contributed by atoms with Gasteiger partial charge in [-0.1, -0.05) is 11.2 Å². The largest absolute Gasteiger partial charge is 0.511 e. The highest BCUT2D eigenvalue weighted by molar-refractivity contribution is 8.00. The predicted molar refractivity (Wildman–Crippen MR) is 128 cm³/mol. The number of carbonyl (C=O) groups is 4. The highest BCUT2D eigenvalue weighted by Crippen LogP contribution is 2.41. The van der Waals surface area contributed by atoms with Crippen LogP contribution in [0.4, 0.5) is 18.7 Å². The SMILES string of the molecule is CC(C)OC(=O)OC(C)OC(=O)C1=C(/C=C\C(F)F)CS[C@@H]2[C@H](NC(=O)/C(=N\O)c3nsc(N)n3)C(=O)N12. The van der Waals surface area contributed by atoms with Gasteiger partial charge in [0.05, 0.1) is 6.10 Å². The predicted octanol–water partition coefficient (Wildman–Crippen LogP) is 1.22. The van der Waals surface area contributed by atoms with Gasteiger partial charge in [-0.05, 0) is 25.5 Å². The fourth-order valence-corrected chi connectivity index (χ4v) is 5.02. The summed E-state index contributed by atoms with van der Waals surface area (Å²) in [6.45, 7) is 4.37. The van der Waals surface area contributed by atoms with Crippen LogP contribution in [0.1, 0.15) is 26.6 Å². The van der Waals surface area contributed by atoms with Gasteiger partial charge < -0.3 is 30.5 Å². The van der Waals surface area contributed by atoms with Crippen molar-refractivity contribution < 1.29 is 47.4 Å². The second-order valence-electron chi connectivity index (χ2n) is 7.84. The lowest BCUT2D eigenvalue weighted by Gasteiger charge is -2.49. The lowest BCUT2D eigenvalue weighted by Crippen LogP contribution is -2.71. The third-order valence-corrected chi connectivity index (χ3v) is 6.60. The Balaban J connectivity index is 1.78. The number of oxime groups is 1. The summed E-state index contributed by atoms with van der Waals surface area (Å²) in [6.07, 6.45) is -4.37. The van der Waals surface area contributed by atoms with Crippen LogP contribution >= 0.6 is 23.3 Å². The maximum absolute atomic E-state index is 13.0. The first-order chi connectivity index (χ1) is 17.9. The molecular formula is C20H22F2N6O8S2. The molecule has 1 aromatic heterocycles. The second kappa shape index (κ2) is 12.2. The molecule has 1 aromatic rings. The van der Waals surface area contributed by atoms with Crippen LogP contribution in [0, 0.1) is 0 Å². The summed E-state index contributed by atoms with van der Waals surface area (Å²) in [6, 6.07) is -1.18. The summed E-state index contributed by atoms with van der Waals surface area (Å²) in [5.41, 5.74) is 4.57. The lowest BCUT2D eigenvalue weighted by atomic mass is 10.0. The van der Waals surface area contributed by atoms with Crippen LogP contribution in [0.5, 0.6) is 0 Å². The number of ether oxygens (including phenoxy) is 3. The summed E-state index contributed by atoms with van der Waals surface area (Å²) in [5, 5.41) is 13.7. The molecule has 2 amide bonds. The first kappa shape index (κ1) is 28.8. The first-order valence-corrected chi connectivity index (χ1v) is 12.6. The molecule has 1 unspecified atom stereocenters. The molecule has 14 nitrogen and oxygen atoms in total. The Kier molecular flexibility index (Phi) is 9.21. The average Bonchev–Trinajstić information content (AvgIpc) is 3.25. The summed E-state index contributed by atoms with van der Waals surface area (Å²) in [5.74, 6) is -3.18. The number of amides is 2. The number of thioether (sulfide) groups is 1. The number of rotatable bonds is 9. The molecule has 2 aliphatic rings. The van der Waals surface area contributed by atoms with E-state index < -0.39 is 59.9 Å². The fourth-order valence-electron chi connectivity index (χ4n) is 3.27. The highest BCUT2D eigenvalue weighted by Gasteiger charge is 2.54. The summed E-state index contributed by atoms with van der Waals surface area (Å²) in [4.78, 5) is 55.0. The number of β-lactam (4-membered cyclic amide) rings is 1. The molecule has 0 aliphatic carbocycles. The zero-order chi connectivity index (χ0) is 28.1. The molecule has 3 atom stereocenters. The Morgan fingerprint density at radius 3 is 2.55 bits per heavy atom. The van der Waals surface area contributed by atoms with Crippen molar-refractivity contribution in [2.75, 3.05) is 11.5 Å². The normalized spacial score (nSPS) is 20.3. The number of nitrogen functional groups attached to an aromatic ring is 1. The van der Waals surface area contributed by atoms with Gasteiger partial charge in [0.2, 0.25) is 17.8 Å². The molecule has 0 bridgehead atoms. The molecule has 0 aromatic carbocycles. The minimum Gasteiger partial charge on any atom is -0.431 e. The molecule has 18 heteroatoms. The van der Waals surface area contributed by atoms with Gasteiger partial charge in [-0.25, -0.2) is 18.4 Å². The molecule has 3 heterocycles. The molecule has 0 spiro atoms. The van der Waals surface area contributed by atoms with Crippen LogP contribution in [-0.4, -0.2) is 85.1 Å². The quantitative estimate of drug-likeness (QED) is 0.0951. The molecule has 3 rings (SSSR count). The minimum atomic E-state index is -2.83. The fraction of sp³-hybridized carbons (Fsp3) is 0.450. The van der Waals surface area contributed by atoms with Crippen LogP contribution in [0.2, 0.25) is 0 Å². The number of halogens is 2. The van der Waals surface area contributed by atoms with Crippen LogP contribution in [0.3, 0.4) is 0 Å². The van der Waals surface area contributed by atoms with Crippen molar-refractivity contribution in [2.24, 2.45) is 5.16 Å². The number of nitrogens with two attached hydrogens (primary N) is 1. The number of allylic oxidation sites excluding steroid dienone is 2. The minimum absolute atomic E-state index is 0.00970. The molecule has 1 saturated heterocycles. The lowest BCUT2D eigenvalue weighted by molar-refractivity contribution is -0.169. The van der Waals surface area contributed by atoms with E-state index in [1.807, 2.05) is 0 Å². The maximum Gasteiger partial charge on any atom is 0.511 e. The van der Waals surface area contributed by atoms with Crippen molar-refractivity contribution in [3.8, 4) is 0 Å². The van der Waals surface area contributed by atoms with E-state index in [-0.39, 0.29) is 28.0 Å². The number of hydrogen-bond donors (Lipinski definition) is 3. The van der Waals surface area contributed by atoms with E-state index in [2.05, 4.69) is 19.8 Å². The summed E-state index contributed by atoms with van der Waals surface area (Å²) < 4.78 is 44.1. The zero-order valence-corrected chi connectivity index (χ0v) is 21.6. The van der Waals surface area contributed by atoms with E-state index in [1.165, 1.54) is 6.92 Å². The second-order valence-corrected chi connectivity index (χ2v) is 9.73. The topological polar surface area (TPSA) is 196 Å². The molecule has 38 heavy (non-hydrogen) atoms. The van der Waals surface area contributed by atoms with Gasteiger partial charge in [0.15, 0.2) is 5.13 Å². The van der Waals surface area contributed by atoms with E-state index in [4.69, 9.17) is 19.9 Å². The Morgan fingerprint density at radius 1 is 1.26 bits per heavy atom. The van der Waals surface area contributed by atoms with Crippen molar-refractivity contribution in [3.05, 3.63) is 29.2 Å². The van der Waals surface area contributed by atoms with Crippen molar-refractivity contribution >= 4 is 58.1 Å². The number of fused-ring (bicyclic) bond motifs is 1. The monoisotopic (exact) mass is 576 g/mol. The number of aromatic nitrogens is 2. The van der Waals surface area contributed by atoms with Crippen molar-refractivity contribution in [2.45, 2.75) is 51.0 Å². The number of nitrogens with zero attached hydrogens (tertiary/aromatic N) is 4. The van der Waals surface area contributed by atoms with Crippen molar-refractivity contribution in [1.29, 1.82) is 0 Å². The van der Waals surface area contributed by atoms with E-state index in [9.17, 15) is 33.2 Å². The number of esters is 1. The zero-order valence-electron chi connectivity index (χ0n) is 20.0. The van der Waals surface area contributed by atoms with E-state index in [0.29, 0.717) is 6.08 Å². The summed E-state index contributed by atoms with van der Waals surface area (Å²) in [7, 11) is 0. The van der Waals surface area contributed by atoms with Crippen molar-refractivity contribution in [3.63, 3.8) is 0 Å². The number of anilines is 1. The van der Waals surface area contributed by atoms with Crippen molar-refractivity contribution in [1.82, 2.24) is 19.6 Å². The molecule has 206 valence electrons. The standard InChI is InChI=1S/C20H22F2N6O8S2/c1-7(2)34-20(32)36-8(3)35-18(31)13-9(4-5-10(21)22)6-37-17-12(16(30)28(13)17)24-15(29)11(26-33)14-25-19(23)38-27-14/h4-5,7-8,10,12,17,33H,6H2,1-3H3,(H,24,29)(H2,23,25,27)/b5-4-,26-11-/t8?,12-,17-/m1/s1. The molecule has 2 aliphatic heterocycles. The molecule has 0 radical (unpaired) electrons. The number of hydrogen-bond acceptors (Lipinski definition) is 14. The number of alkyl halides is 2. The van der Waals surface area contributed by atoms with Gasteiger partial charge in [0.25, 0.3) is 18.2 Å². The van der Waals surface area contributed by atoms with E-state index >= 15 is 0 Å². The highest BCUT2D eigenvalue weighted by atomic mass is 32.2. The van der Waals surface area contributed by atoms with Crippen LogP contribution in [0.15, 0.2) is 28.6 Å². The van der Waals surface area contributed by atoms with Gasteiger partial charge in [0.1, 0.15) is 17.1 Å². The average molecular weight is 577 g/mol. The Bertz CT molecular complexity index is 1200. The van der Waals surface area contributed by atoms with Crippen LogP contribution < -0.4 is 11.1 Å². The third kappa shape index (κ3) is 6.55. The van der Waals surface area contributed by atoms with E-state index in [1.54, 1.807) is 13.8 Å². The first-order valence-electron chi connectivity index (χ1n) is 10.8. The van der Waals surface area contributed by atoms with Gasteiger partial charge in [0, 0.05) is 24.2 Å². The van der Waals surface area contributed by atoms with Crippen LogP contribution in [0.25, 0.3) is 0 Å². The summed E-state index contributed by atoms with van der Waals surface area (Å²) >= 11 is 1.83. The molecule has 1 fully saturated rings. The third-order valence-electron chi connectivity index (χ3n) is 4.76. The Hall–Kier alpha value is -3.80.